The third-order valence-corrected chi connectivity index (χ3v) is 4.50. The number of hydrogen-bond donors (Lipinski definition) is 2. The van der Waals surface area contributed by atoms with Crippen LogP contribution in [0.4, 0.5) is 5.69 Å². The summed E-state index contributed by atoms with van der Waals surface area (Å²) in [6.45, 7) is 0.913. The van der Waals surface area contributed by atoms with E-state index in [2.05, 4.69) is 26.6 Å². The van der Waals surface area contributed by atoms with Crippen LogP contribution in [-0.4, -0.2) is 37.4 Å². The Balaban J connectivity index is 1.43. The van der Waals surface area contributed by atoms with Gasteiger partial charge in [0.2, 0.25) is 11.8 Å². The number of nitrogens with one attached hydrogen (secondary N) is 2. The molecule has 8 heteroatoms. The van der Waals surface area contributed by atoms with Crippen molar-refractivity contribution in [2.24, 2.45) is 5.92 Å². The largest absolute Gasteiger partial charge is 0.444 e. The van der Waals surface area contributed by atoms with Crippen molar-refractivity contribution in [2.75, 3.05) is 24.5 Å². The minimum Gasteiger partial charge on any atom is -0.444 e. The Morgan fingerprint density at radius 2 is 1.85 bits per heavy atom. The summed E-state index contributed by atoms with van der Waals surface area (Å²) in [6, 6.07) is 12.5. The molecule has 136 valence electrons. The third-order valence-electron chi connectivity index (χ3n) is 4.07. The summed E-state index contributed by atoms with van der Waals surface area (Å²) in [5.41, 5.74) is 0.796. The highest BCUT2D eigenvalue weighted by molar-refractivity contribution is 9.10. The van der Waals surface area contributed by atoms with Gasteiger partial charge in [-0.05, 0) is 40.2 Å². The molecule has 1 aliphatic rings. The van der Waals surface area contributed by atoms with Crippen LogP contribution >= 0.6 is 15.9 Å². The number of para-hydroxylation sites is 1. The van der Waals surface area contributed by atoms with Crippen molar-refractivity contribution in [3.8, 4) is 0 Å². The number of halogens is 1. The molecule has 1 aliphatic heterocycles. The second-order valence-corrected chi connectivity index (χ2v) is 6.67. The Hall–Kier alpha value is -2.61. The van der Waals surface area contributed by atoms with Gasteiger partial charge in [-0.25, -0.2) is 0 Å². The third kappa shape index (κ3) is 4.32. The molecule has 26 heavy (non-hydrogen) atoms. The molecule has 0 radical (unpaired) electrons. The first-order valence-electron chi connectivity index (χ1n) is 8.21. The van der Waals surface area contributed by atoms with Crippen LogP contribution in [0.15, 0.2) is 51.6 Å². The van der Waals surface area contributed by atoms with E-state index in [0.717, 1.165) is 5.69 Å². The number of carbonyl (C=O) groups excluding carboxylic acids is 3. The Bertz CT molecular complexity index is 806. The van der Waals surface area contributed by atoms with E-state index in [1.165, 1.54) is 0 Å². The molecule has 2 aromatic rings. The summed E-state index contributed by atoms with van der Waals surface area (Å²) < 4.78 is 5.62. The van der Waals surface area contributed by atoms with Gasteiger partial charge in [-0.1, -0.05) is 18.2 Å². The van der Waals surface area contributed by atoms with Gasteiger partial charge in [0.1, 0.15) is 0 Å². The molecule has 0 unspecified atom stereocenters. The summed E-state index contributed by atoms with van der Waals surface area (Å²) in [6.07, 6.45) is 0.188. The maximum Gasteiger partial charge on any atom is 0.287 e. The minimum absolute atomic E-state index is 0.0620. The van der Waals surface area contributed by atoms with Crippen LogP contribution in [0.2, 0.25) is 0 Å². The van der Waals surface area contributed by atoms with E-state index in [4.69, 9.17) is 4.42 Å². The average Bonchev–Trinajstić information content (AvgIpc) is 3.25. The van der Waals surface area contributed by atoms with Gasteiger partial charge in [0.05, 0.1) is 5.92 Å². The van der Waals surface area contributed by atoms with Gasteiger partial charge in [-0.3, -0.25) is 14.4 Å². The standard InChI is InChI=1S/C18H18BrN3O4/c19-15-7-6-14(26-15)18(25)21-9-8-20-17(24)12-10-16(23)22(11-12)13-4-2-1-3-5-13/h1-7,12H,8-11H2,(H,20,24)(H,21,25)/t12-/m0/s1. The molecule has 0 bridgehead atoms. The lowest BCUT2D eigenvalue weighted by atomic mass is 10.1. The van der Waals surface area contributed by atoms with Crippen LogP contribution in [0, 0.1) is 5.92 Å². The quantitative estimate of drug-likeness (QED) is 0.699. The molecule has 3 rings (SSSR count). The summed E-state index contributed by atoms with van der Waals surface area (Å²) in [4.78, 5) is 37.8. The zero-order valence-corrected chi connectivity index (χ0v) is 15.5. The number of anilines is 1. The second kappa shape index (κ2) is 8.18. The molecule has 7 nitrogen and oxygen atoms in total. The molecular weight excluding hydrogens is 402 g/mol. The van der Waals surface area contributed by atoms with Gasteiger partial charge in [0, 0.05) is 31.7 Å². The molecule has 2 N–H and O–H groups in total. The number of carbonyl (C=O) groups is 3. The molecule has 0 saturated carbocycles. The number of hydrogen-bond acceptors (Lipinski definition) is 4. The van der Waals surface area contributed by atoms with Gasteiger partial charge >= 0.3 is 0 Å². The van der Waals surface area contributed by atoms with Crippen molar-refractivity contribution < 1.29 is 18.8 Å². The topological polar surface area (TPSA) is 91.7 Å². The highest BCUT2D eigenvalue weighted by Gasteiger charge is 2.34. The van der Waals surface area contributed by atoms with Crippen molar-refractivity contribution in [1.82, 2.24) is 10.6 Å². The van der Waals surface area contributed by atoms with E-state index >= 15 is 0 Å². The van der Waals surface area contributed by atoms with Crippen LogP contribution < -0.4 is 15.5 Å². The lowest BCUT2D eigenvalue weighted by Gasteiger charge is -2.16. The van der Waals surface area contributed by atoms with Crippen molar-refractivity contribution >= 4 is 39.3 Å². The Labute approximate surface area is 158 Å². The van der Waals surface area contributed by atoms with Crippen LogP contribution in [-0.2, 0) is 9.59 Å². The van der Waals surface area contributed by atoms with Gasteiger partial charge in [0.15, 0.2) is 10.4 Å². The molecule has 0 aliphatic carbocycles. The first-order valence-corrected chi connectivity index (χ1v) is 9.00. The molecule has 1 aromatic heterocycles. The first-order chi connectivity index (χ1) is 12.5. The average molecular weight is 420 g/mol. The van der Waals surface area contributed by atoms with Crippen molar-refractivity contribution in [3.05, 3.63) is 52.9 Å². The van der Waals surface area contributed by atoms with E-state index < -0.39 is 0 Å². The number of rotatable bonds is 6. The molecule has 1 aromatic carbocycles. The highest BCUT2D eigenvalue weighted by Crippen LogP contribution is 2.24. The van der Waals surface area contributed by atoms with Gasteiger partial charge in [-0.2, -0.15) is 0 Å². The Morgan fingerprint density at radius 3 is 2.54 bits per heavy atom. The highest BCUT2D eigenvalue weighted by atomic mass is 79.9. The zero-order valence-electron chi connectivity index (χ0n) is 13.9. The SMILES string of the molecule is O=C(NCCNC(=O)[C@H]1CC(=O)N(c2ccccc2)C1)c1ccc(Br)o1. The Morgan fingerprint density at radius 1 is 1.12 bits per heavy atom. The van der Waals surface area contributed by atoms with Crippen molar-refractivity contribution in [3.63, 3.8) is 0 Å². The molecular formula is C18H18BrN3O4. The summed E-state index contributed by atoms with van der Waals surface area (Å²) in [7, 11) is 0. The fourth-order valence-corrected chi connectivity index (χ4v) is 3.08. The van der Waals surface area contributed by atoms with Crippen molar-refractivity contribution in [2.45, 2.75) is 6.42 Å². The van der Waals surface area contributed by atoms with Crippen LogP contribution in [0.5, 0.6) is 0 Å². The zero-order chi connectivity index (χ0) is 18.5. The van der Waals surface area contributed by atoms with Crippen LogP contribution in [0.1, 0.15) is 17.0 Å². The summed E-state index contributed by atoms with van der Waals surface area (Å²) in [5, 5.41) is 5.41. The molecule has 1 atom stereocenters. The van der Waals surface area contributed by atoms with E-state index in [-0.39, 0.29) is 48.9 Å². The fourth-order valence-electron chi connectivity index (χ4n) is 2.77. The van der Waals surface area contributed by atoms with E-state index in [9.17, 15) is 14.4 Å². The minimum atomic E-state index is -0.389. The smallest absolute Gasteiger partial charge is 0.287 e. The number of benzene rings is 1. The van der Waals surface area contributed by atoms with Gasteiger partial charge < -0.3 is 20.0 Å². The van der Waals surface area contributed by atoms with Crippen molar-refractivity contribution in [1.29, 1.82) is 0 Å². The number of nitrogens with zero attached hydrogens (tertiary/aromatic N) is 1. The second-order valence-electron chi connectivity index (χ2n) is 5.89. The van der Waals surface area contributed by atoms with E-state index in [1.807, 2.05) is 30.3 Å². The summed E-state index contributed by atoms with van der Waals surface area (Å²) in [5.74, 6) is -0.793. The molecule has 1 saturated heterocycles. The molecule has 0 spiro atoms. The predicted molar refractivity (Wildman–Crippen MR) is 98.7 cm³/mol. The van der Waals surface area contributed by atoms with E-state index in [1.54, 1.807) is 17.0 Å². The lowest BCUT2D eigenvalue weighted by molar-refractivity contribution is -0.126. The predicted octanol–water partition coefficient (Wildman–Crippen LogP) is 1.94. The van der Waals surface area contributed by atoms with Crippen LogP contribution in [0.3, 0.4) is 0 Å². The van der Waals surface area contributed by atoms with Gasteiger partial charge in [-0.15, -0.1) is 0 Å². The maximum absolute atomic E-state index is 12.3. The molecule has 2 heterocycles. The van der Waals surface area contributed by atoms with Crippen LogP contribution in [0.25, 0.3) is 0 Å². The Kier molecular flexibility index (Phi) is 5.72. The fraction of sp³-hybridized carbons (Fsp3) is 0.278. The maximum atomic E-state index is 12.3. The van der Waals surface area contributed by atoms with Gasteiger partial charge in [0.25, 0.3) is 5.91 Å². The first kappa shape index (κ1) is 18.2. The monoisotopic (exact) mass is 419 g/mol. The summed E-state index contributed by atoms with van der Waals surface area (Å²) >= 11 is 3.13. The molecule has 1 fully saturated rings. The number of furan rings is 1. The lowest BCUT2D eigenvalue weighted by Crippen LogP contribution is -2.38. The number of amides is 3. The molecule has 3 amide bonds. The van der Waals surface area contributed by atoms with E-state index in [0.29, 0.717) is 11.2 Å². The normalized spacial score (nSPS) is 16.6.